The van der Waals surface area contributed by atoms with Crippen LogP contribution in [0.5, 0.6) is 5.88 Å². The van der Waals surface area contributed by atoms with Crippen molar-refractivity contribution in [3.05, 3.63) is 22.8 Å². The van der Waals surface area contributed by atoms with Crippen LogP contribution in [0.2, 0.25) is 5.02 Å². The van der Waals surface area contributed by atoms with Crippen LogP contribution in [0.1, 0.15) is 18.4 Å². The predicted octanol–water partition coefficient (Wildman–Crippen LogP) is 2.02. The second-order valence-electron chi connectivity index (χ2n) is 2.99. The zero-order valence-electron chi connectivity index (χ0n) is 8.78. The van der Waals surface area contributed by atoms with Gasteiger partial charge in [-0.1, -0.05) is 11.6 Å². The van der Waals surface area contributed by atoms with Gasteiger partial charge in [0.05, 0.1) is 25.2 Å². The number of pyridine rings is 1. The first kappa shape index (κ1) is 11.8. The summed E-state index contributed by atoms with van der Waals surface area (Å²) in [6.07, 6.45) is 1.45. The van der Waals surface area contributed by atoms with Gasteiger partial charge in [0, 0.05) is 12.3 Å². The van der Waals surface area contributed by atoms with E-state index < -0.39 is 5.92 Å². The third kappa shape index (κ3) is 2.59. The maximum Gasteiger partial charge on any atom is 0.312 e. The molecule has 1 aromatic heterocycles. The normalized spacial score (nSPS) is 12.0. The van der Waals surface area contributed by atoms with E-state index in [9.17, 15) is 4.79 Å². The average molecular weight is 230 g/mol. The molecule has 0 spiro atoms. The quantitative estimate of drug-likeness (QED) is 0.744. The van der Waals surface area contributed by atoms with Gasteiger partial charge in [0.1, 0.15) is 0 Å². The van der Waals surface area contributed by atoms with Gasteiger partial charge in [-0.2, -0.15) is 0 Å². The Hall–Kier alpha value is -1.29. The zero-order valence-corrected chi connectivity index (χ0v) is 9.54. The van der Waals surface area contributed by atoms with Crippen molar-refractivity contribution in [2.75, 3.05) is 14.2 Å². The summed E-state index contributed by atoms with van der Waals surface area (Å²) in [5.74, 6) is -0.352. The molecule has 1 atom stereocenters. The van der Waals surface area contributed by atoms with Gasteiger partial charge in [-0.05, 0) is 12.5 Å². The van der Waals surface area contributed by atoms with Crippen LogP contribution in [0, 0.1) is 0 Å². The van der Waals surface area contributed by atoms with Crippen molar-refractivity contribution in [3.63, 3.8) is 0 Å². The summed E-state index contributed by atoms with van der Waals surface area (Å²) in [5, 5.41) is 0.425. The second-order valence-corrected chi connectivity index (χ2v) is 3.40. The van der Waals surface area contributed by atoms with Gasteiger partial charge in [-0.3, -0.25) is 4.79 Å². The van der Waals surface area contributed by atoms with E-state index in [1.54, 1.807) is 13.0 Å². The van der Waals surface area contributed by atoms with Crippen molar-refractivity contribution < 1.29 is 14.3 Å². The Morgan fingerprint density at radius 1 is 1.53 bits per heavy atom. The van der Waals surface area contributed by atoms with Crippen LogP contribution < -0.4 is 4.74 Å². The number of rotatable bonds is 3. The number of esters is 1. The SMILES string of the molecule is COC(=O)C(C)c1cc(OC)ncc1Cl. The lowest BCUT2D eigenvalue weighted by molar-refractivity contribution is -0.141. The minimum Gasteiger partial charge on any atom is -0.481 e. The zero-order chi connectivity index (χ0) is 11.4. The Bertz CT molecular complexity index is 368. The van der Waals surface area contributed by atoms with Crippen molar-refractivity contribution in [2.24, 2.45) is 0 Å². The van der Waals surface area contributed by atoms with Gasteiger partial charge in [0.15, 0.2) is 0 Å². The highest BCUT2D eigenvalue weighted by atomic mass is 35.5. The Labute approximate surface area is 93.2 Å². The lowest BCUT2D eigenvalue weighted by Crippen LogP contribution is -2.11. The molecule has 15 heavy (non-hydrogen) atoms. The molecule has 0 aromatic carbocycles. The van der Waals surface area contributed by atoms with E-state index in [2.05, 4.69) is 9.72 Å². The highest BCUT2D eigenvalue weighted by Crippen LogP contribution is 2.27. The number of carbonyl (C=O) groups excluding carboxylic acids is 1. The Kier molecular flexibility index (Phi) is 3.91. The first-order valence-corrected chi connectivity index (χ1v) is 4.75. The number of hydrogen-bond donors (Lipinski definition) is 0. The van der Waals surface area contributed by atoms with Crippen LogP contribution in [-0.4, -0.2) is 25.2 Å². The number of methoxy groups -OCH3 is 2. The van der Waals surface area contributed by atoms with Gasteiger partial charge in [0.25, 0.3) is 0 Å². The topological polar surface area (TPSA) is 48.4 Å². The summed E-state index contributed by atoms with van der Waals surface area (Å²) in [6, 6.07) is 1.63. The predicted molar refractivity (Wildman–Crippen MR) is 56.2 cm³/mol. The van der Waals surface area contributed by atoms with Gasteiger partial charge in [-0.15, -0.1) is 0 Å². The molecule has 1 rings (SSSR count). The van der Waals surface area contributed by atoms with E-state index >= 15 is 0 Å². The average Bonchev–Trinajstić information content (AvgIpc) is 2.27. The fourth-order valence-corrected chi connectivity index (χ4v) is 1.45. The van der Waals surface area contributed by atoms with E-state index in [0.29, 0.717) is 16.5 Å². The molecule has 1 heterocycles. The molecule has 0 aliphatic heterocycles. The molecule has 0 N–H and O–H groups in total. The molecule has 0 aliphatic rings. The first-order chi connectivity index (χ1) is 7.10. The minimum atomic E-state index is -0.431. The maximum atomic E-state index is 11.3. The molecule has 0 bridgehead atoms. The summed E-state index contributed by atoms with van der Waals surface area (Å²) in [5.41, 5.74) is 0.648. The van der Waals surface area contributed by atoms with E-state index in [1.165, 1.54) is 20.4 Å². The van der Waals surface area contributed by atoms with Gasteiger partial charge >= 0.3 is 5.97 Å². The molecular weight excluding hydrogens is 218 g/mol. The molecule has 0 saturated heterocycles. The fourth-order valence-electron chi connectivity index (χ4n) is 1.18. The summed E-state index contributed by atoms with van der Waals surface area (Å²) in [4.78, 5) is 15.2. The Morgan fingerprint density at radius 2 is 2.20 bits per heavy atom. The lowest BCUT2D eigenvalue weighted by atomic mass is 10.0. The van der Waals surface area contributed by atoms with E-state index in [1.807, 2.05) is 0 Å². The molecule has 4 nitrogen and oxygen atoms in total. The van der Waals surface area contributed by atoms with Gasteiger partial charge in [0.2, 0.25) is 5.88 Å². The molecule has 0 radical (unpaired) electrons. The molecule has 5 heteroatoms. The number of nitrogens with zero attached hydrogens (tertiary/aromatic N) is 1. The standard InChI is InChI=1S/C10H12ClNO3/c1-6(10(13)15-3)7-4-9(14-2)12-5-8(7)11/h4-6H,1-3H3. The number of ether oxygens (including phenoxy) is 2. The maximum absolute atomic E-state index is 11.3. The molecular formula is C10H12ClNO3. The number of halogens is 1. The minimum absolute atomic E-state index is 0.342. The van der Waals surface area contributed by atoms with E-state index in [-0.39, 0.29) is 5.97 Å². The van der Waals surface area contributed by atoms with Crippen molar-refractivity contribution in [1.82, 2.24) is 4.98 Å². The Balaban J connectivity index is 3.06. The highest BCUT2D eigenvalue weighted by Gasteiger charge is 2.19. The monoisotopic (exact) mass is 229 g/mol. The molecule has 1 aromatic rings. The largest absolute Gasteiger partial charge is 0.481 e. The molecule has 82 valence electrons. The van der Waals surface area contributed by atoms with Crippen LogP contribution in [0.4, 0.5) is 0 Å². The number of aromatic nitrogens is 1. The molecule has 0 fully saturated rings. The molecule has 0 amide bonds. The van der Waals surface area contributed by atoms with E-state index in [0.717, 1.165) is 0 Å². The Morgan fingerprint density at radius 3 is 2.73 bits per heavy atom. The summed E-state index contributed by atoms with van der Waals surface area (Å²) >= 11 is 5.92. The number of hydrogen-bond acceptors (Lipinski definition) is 4. The van der Waals surface area contributed by atoms with Gasteiger partial charge < -0.3 is 9.47 Å². The van der Waals surface area contributed by atoms with Crippen LogP contribution in [0.25, 0.3) is 0 Å². The summed E-state index contributed by atoms with van der Waals surface area (Å²) < 4.78 is 9.59. The van der Waals surface area contributed by atoms with Crippen LogP contribution in [-0.2, 0) is 9.53 Å². The first-order valence-electron chi connectivity index (χ1n) is 4.37. The smallest absolute Gasteiger partial charge is 0.312 e. The summed E-state index contributed by atoms with van der Waals surface area (Å²) in [6.45, 7) is 1.71. The number of carbonyl (C=O) groups is 1. The van der Waals surface area contributed by atoms with E-state index in [4.69, 9.17) is 16.3 Å². The third-order valence-corrected chi connectivity index (χ3v) is 2.41. The summed E-state index contributed by atoms with van der Waals surface area (Å²) in [7, 11) is 2.84. The molecule has 0 aliphatic carbocycles. The van der Waals surface area contributed by atoms with Crippen molar-refractivity contribution >= 4 is 17.6 Å². The van der Waals surface area contributed by atoms with Crippen molar-refractivity contribution in [1.29, 1.82) is 0 Å². The lowest BCUT2D eigenvalue weighted by Gasteiger charge is -2.11. The van der Waals surface area contributed by atoms with Gasteiger partial charge in [-0.25, -0.2) is 4.98 Å². The van der Waals surface area contributed by atoms with Crippen LogP contribution >= 0.6 is 11.6 Å². The third-order valence-electron chi connectivity index (χ3n) is 2.09. The van der Waals surface area contributed by atoms with Crippen LogP contribution in [0.15, 0.2) is 12.3 Å². The van der Waals surface area contributed by atoms with Crippen molar-refractivity contribution in [3.8, 4) is 5.88 Å². The fraction of sp³-hybridized carbons (Fsp3) is 0.400. The van der Waals surface area contributed by atoms with Crippen LogP contribution in [0.3, 0.4) is 0 Å². The van der Waals surface area contributed by atoms with Crippen molar-refractivity contribution in [2.45, 2.75) is 12.8 Å². The second kappa shape index (κ2) is 4.98. The molecule has 0 saturated carbocycles. The highest BCUT2D eigenvalue weighted by molar-refractivity contribution is 6.31. The molecule has 1 unspecified atom stereocenters.